The highest BCUT2D eigenvalue weighted by atomic mass is 35.5. The summed E-state index contributed by atoms with van der Waals surface area (Å²) < 4.78 is 1.89. The molecule has 2 heterocycles. The number of carbonyl (C=O) groups excluding carboxylic acids is 1. The zero-order valence-electron chi connectivity index (χ0n) is 14.4. The smallest absolute Gasteiger partial charge is 0.235 e. The van der Waals surface area contributed by atoms with Gasteiger partial charge in [0, 0.05) is 22.3 Å². The van der Waals surface area contributed by atoms with Gasteiger partial charge in [-0.2, -0.15) is 5.10 Å². The van der Waals surface area contributed by atoms with Crippen molar-refractivity contribution in [3.05, 3.63) is 76.9 Å². The Kier molecular flexibility index (Phi) is 4.49. The summed E-state index contributed by atoms with van der Waals surface area (Å²) in [5.41, 5.74) is 3.88. The molecule has 0 bridgehead atoms. The van der Waals surface area contributed by atoms with Gasteiger partial charge in [-0.3, -0.25) is 14.4 Å². The van der Waals surface area contributed by atoms with Gasteiger partial charge in [-0.05, 0) is 18.7 Å². The first kappa shape index (κ1) is 16.8. The van der Waals surface area contributed by atoms with Gasteiger partial charge in [0.25, 0.3) is 0 Å². The van der Waals surface area contributed by atoms with E-state index in [0.717, 1.165) is 27.4 Å². The van der Waals surface area contributed by atoms with Crippen molar-refractivity contribution in [3.8, 4) is 11.3 Å². The van der Waals surface area contributed by atoms with E-state index < -0.39 is 0 Å². The third-order valence-corrected chi connectivity index (χ3v) is 4.92. The Morgan fingerprint density at radius 1 is 1.15 bits per heavy atom. The van der Waals surface area contributed by atoms with Crippen LogP contribution in [0, 0.1) is 0 Å². The monoisotopic (exact) mass is 366 g/mol. The van der Waals surface area contributed by atoms with Gasteiger partial charge in [-0.1, -0.05) is 60.1 Å². The lowest BCUT2D eigenvalue weighted by molar-refractivity contribution is -0.118. The number of hydrogen-bond donors (Lipinski definition) is 1. The van der Waals surface area contributed by atoms with Crippen LogP contribution < -0.4 is 5.32 Å². The maximum atomic E-state index is 11.8. The fraction of sp³-hybridized carbons (Fsp3) is 0.200. The third-order valence-electron chi connectivity index (χ3n) is 4.55. The minimum atomic E-state index is -0.183. The van der Waals surface area contributed by atoms with Gasteiger partial charge in [-0.15, -0.1) is 0 Å². The Labute approximate surface area is 157 Å². The summed E-state index contributed by atoms with van der Waals surface area (Å²) in [5.74, 6) is 0.0235. The van der Waals surface area contributed by atoms with E-state index in [0.29, 0.717) is 13.1 Å². The van der Waals surface area contributed by atoms with Crippen LogP contribution in [0.15, 0.2) is 60.8 Å². The number of aromatic nitrogens is 2. The van der Waals surface area contributed by atoms with E-state index in [1.54, 1.807) is 0 Å². The molecule has 3 aromatic rings. The lowest BCUT2D eigenvalue weighted by Crippen LogP contribution is -2.24. The number of nitrogens with zero attached hydrogens (tertiary/aromatic N) is 3. The number of rotatable bonds is 4. The SMILES string of the molecule is CN1CC(=O)N[C@@H]1c1cn(Cc2ccccc2Cl)nc1-c1ccccc1. The van der Waals surface area contributed by atoms with Crippen molar-refractivity contribution in [1.82, 2.24) is 20.0 Å². The minimum absolute atomic E-state index is 0.0235. The molecule has 1 aliphatic rings. The number of hydrogen-bond acceptors (Lipinski definition) is 3. The molecule has 6 heteroatoms. The Hall–Kier alpha value is -2.63. The third kappa shape index (κ3) is 3.23. The molecule has 26 heavy (non-hydrogen) atoms. The summed E-state index contributed by atoms with van der Waals surface area (Å²) in [6.45, 7) is 0.957. The first-order valence-electron chi connectivity index (χ1n) is 8.47. The predicted molar refractivity (Wildman–Crippen MR) is 102 cm³/mol. The standard InChI is InChI=1S/C20H19ClN4O/c1-24-13-18(26)22-20(24)16-12-25(11-15-9-5-6-10-17(15)21)23-19(16)14-7-3-2-4-8-14/h2-10,12,20H,11,13H2,1H3,(H,22,26)/t20-/m0/s1. The normalized spacial score (nSPS) is 17.5. The number of benzene rings is 2. The summed E-state index contributed by atoms with van der Waals surface area (Å²) in [7, 11) is 1.93. The second-order valence-electron chi connectivity index (χ2n) is 6.47. The first-order valence-corrected chi connectivity index (χ1v) is 8.85. The molecule has 1 aliphatic heterocycles. The van der Waals surface area contributed by atoms with Crippen molar-refractivity contribution in [1.29, 1.82) is 0 Å². The maximum Gasteiger partial charge on any atom is 0.235 e. The van der Waals surface area contributed by atoms with Crippen LogP contribution in [0.3, 0.4) is 0 Å². The maximum absolute atomic E-state index is 11.8. The van der Waals surface area contributed by atoms with Crippen molar-refractivity contribution >= 4 is 17.5 Å². The number of carbonyl (C=O) groups is 1. The first-order chi connectivity index (χ1) is 12.6. The molecule has 0 aliphatic carbocycles. The minimum Gasteiger partial charge on any atom is -0.335 e. The summed E-state index contributed by atoms with van der Waals surface area (Å²) in [5, 5.41) is 8.55. The Balaban J connectivity index is 1.75. The van der Waals surface area contributed by atoms with E-state index in [9.17, 15) is 4.79 Å². The lowest BCUT2D eigenvalue weighted by atomic mass is 10.1. The molecule has 0 radical (unpaired) electrons. The van der Waals surface area contributed by atoms with E-state index in [-0.39, 0.29) is 12.1 Å². The molecular weight excluding hydrogens is 348 g/mol. The molecule has 0 saturated carbocycles. The average Bonchev–Trinajstić information content (AvgIpc) is 3.20. The quantitative estimate of drug-likeness (QED) is 0.770. The van der Waals surface area contributed by atoms with Gasteiger partial charge in [0.2, 0.25) is 5.91 Å². The number of nitrogens with one attached hydrogen (secondary N) is 1. The van der Waals surface area contributed by atoms with E-state index >= 15 is 0 Å². The fourth-order valence-corrected chi connectivity index (χ4v) is 3.48. The van der Waals surface area contributed by atoms with Crippen LogP contribution in [0.25, 0.3) is 11.3 Å². The van der Waals surface area contributed by atoms with Gasteiger partial charge < -0.3 is 5.32 Å². The molecule has 1 fully saturated rings. The fourth-order valence-electron chi connectivity index (χ4n) is 3.28. The van der Waals surface area contributed by atoms with Gasteiger partial charge in [0.1, 0.15) is 6.17 Å². The topological polar surface area (TPSA) is 50.2 Å². The summed E-state index contributed by atoms with van der Waals surface area (Å²) >= 11 is 6.30. The number of halogens is 1. The molecule has 1 saturated heterocycles. The highest BCUT2D eigenvalue weighted by Crippen LogP contribution is 2.31. The Morgan fingerprint density at radius 3 is 2.58 bits per heavy atom. The van der Waals surface area contributed by atoms with Crippen LogP contribution in [0.5, 0.6) is 0 Å². The predicted octanol–water partition coefficient (Wildman–Crippen LogP) is 3.31. The molecule has 132 valence electrons. The van der Waals surface area contributed by atoms with Gasteiger partial charge >= 0.3 is 0 Å². The van der Waals surface area contributed by atoms with Crippen molar-refractivity contribution in [2.45, 2.75) is 12.7 Å². The van der Waals surface area contributed by atoms with Gasteiger partial charge in [0.15, 0.2) is 0 Å². The summed E-state index contributed by atoms with van der Waals surface area (Å²) in [6.07, 6.45) is 1.82. The van der Waals surface area contributed by atoms with E-state index in [1.807, 2.05) is 77.4 Å². The molecular formula is C20H19ClN4O. The van der Waals surface area contributed by atoms with Crippen molar-refractivity contribution in [2.24, 2.45) is 0 Å². The largest absolute Gasteiger partial charge is 0.335 e. The number of amides is 1. The molecule has 4 rings (SSSR count). The molecule has 1 N–H and O–H groups in total. The lowest BCUT2D eigenvalue weighted by Gasteiger charge is -2.18. The van der Waals surface area contributed by atoms with E-state index in [2.05, 4.69) is 5.32 Å². The van der Waals surface area contributed by atoms with Crippen LogP contribution in [-0.4, -0.2) is 34.2 Å². The molecule has 2 aromatic carbocycles. The van der Waals surface area contributed by atoms with E-state index in [1.165, 1.54) is 0 Å². The highest BCUT2D eigenvalue weighted by Gasteiger charge is 2.31. The second kappa shape index (κ2) is 6.94. The van der Waals surface area contributed by atoms with E-state index in [4.69, 9.17) is 16.7 Å². The molecule has 0 unspecified atom stereocenters. The zero-order valence-corrected chi connectivity index (χ0v) is 15.1. The van der Waals surface area contributed by atoms with Crippen LogP contribution in [-0.2, 0) is 11.3 Å². The Morgan fingerprint density at radius 2 is 1.88 bits per heavy atom. The van der Waals surface area contributed by atoms with Crippen LogP contribution >= 0.6 is 11.6 Å². The summed E-state index contributed by atoms with van der Waals surface area (Å²) in [6, 6.07) is 17.8. The average molecular weight is 367 g/mol. The second-order valence-corrected chi connectivity index (χ2v) is 6.88. The van der Waals surface area contributed by atoms with Crippen LogP contribution in [0.1, 0.15) is 17.3 Å². The number of likely N-dealkylation sites (N-methyl/N-ethyl adjacent to an activating group) is 1. The molecule has 1 atom stereocenters. The van der Waals surface area contributed by atoms with Crippen molar-refractivity contribution in [2.75, 3.05) is 13.6 Å². The molecule has 1 amide bonds. The molecule has 0 spiro atoms. The van der Waals surface area contributed by atoms with Crippen LogP contribution in [0.4, 0.5) is 0 Å². The van der Waals surface area contributed by atoms with Gasteiger partial charge in [-0.25, -0.2) is 0 Å². The van der Waals surface area contributed by atoms with Crippen LogP contribution in [0.2, 0.25) is 5.02 Å². The zero-order chi connectivity index (χ0) is 18.1. The highest BCUT2D eigenvalue weighted by molar-refractivity contribution is 6.31. The summed E-state index contributed by atoms with van der Waals surface area (Å²) in [4.78, 5) is 13.8. The van der Waals surface area contributed by atoms with Crippen molar-refractivity contribution < 1.29 is 4.79 Å². The molecule has 1 aromatic heterocycles. The van der Waals surface area contributed by atoms with Crippen molar-refractivity contribution in [3.63, 3.8) is 0 Å². The van der Waals surface area contributed by atoms with Gasteiger partial charge in [0.05, 0.1) is 18.8 Å². The Bertz CT molecular complexity index is 938. The molecule has 5 nitrogen and oxygen atoms in total.